The van der Waals surface area contributed by atoms with E-state index in [-0.39, 0.29) is 17.9 Å². The van der Waals surface area contributed by atoms with Crippen LogP contribution in [-0.2, 0) is 0 Å². The van der Waals surface area contributed by atoms with Gasteiger partial charge in [-0.2, -0.15) is 0 Å². The molecule has 1 aromatic rings. The first kappa shape index (κ1) is 12.8. The van der Waals surface area contributed by atoms with Crippen molar-refractivity contribution in [2.45, 2.75) is 6.92 Å². The molecule has 4 nitrogen and oxygen atoms in total. The fourth-order valence-corrected chi connectivity index (χ4v) is 0.623. The van der Waals surface area contributed by atoms with Gasteiger partial charge in [-0.3, -0.25) is 0 Å². The zero-order valence-corrected chi connectivity index (χ0v) is 6.98. The lowest BCUT2D eigenvalue weighted by molar-refractivity contribution is 0.824. The standard InChI is InChI=1S/C6H9N3.ClH.H2O/c1-5-3-2-4-6(8-5)9-7;;/h2-4H,7H2,1H3,(H,8,9);1H;1H2. The normalized spacial score (nSPS) is 7.45. The van der Waals surface area contributed by atoms with E-state index in [9.17, 15) is 0 Å². The number of nitrogens with one attached hydrogen (secondary N) is 1. The highest BCUT2D eigenvalue weighted by molar-refractivity contribution is 5.85. The molecule has 5 N–H and O–H groups in total. The molecule has 5 heteroatoms. The summed E-state index contributed by atoms with van der Waals surface area (Å²) in [6.45, 7) is 1.92. The third kappa shape index (κ3) is 3.77. The van der Waals surface area contributed by atoms with Gasteiger partial charge in [0.15, 0.2) is 0 Å². The average Bonchev–Trinajstić information content (AvgIpc) is 1.88. The number of nitrogens with two attached hydrogens (primary N) is 1. The third-order valence-electron chi connectivity index (χ3n) is 1.04. The van der Waals surface area contributed by atoms with E-state index < -0.39 is 0 Å². The van der Waals surface area contributed by atoms with Crippen LogP contribution in [0.5, 0.6) is 0 Å². The number of halogens is 1. The molecule has 0 radical (unpaired) electrons. The van der Waals surface area contributed by atoms with Crippen LogP contribution in [0.1, 0.15) is 5.69 Å². The second kappa shape index (κ2) is 5.91. The first-order valence-corrected chi connectivity index (χ1v) is 2.73. The Morgan fingerprint density at radius 3 is 2.45 bits per heavy atom. The number of nitrogens with zero attached hydrogens (tertiary/aromatic N) is 1. The van der Waals surface area contributed by atoms with Crippen molar-refractivity contribution in [1.82, 2.24) is 4.98 Å². The molecule has 0 amide bonds. The molecule has 0 aliphatic carbocycles. The monoisotopic (exact) mass is 177 g/mol. The van der Waals surface area contributed by atoms with Gasteiger partial charge in [0.1, 0.15) is 5.82 Å². The number of aryl methyl sites for hydroxylation is 1. The number of pyridine rings is 1. The van der Waals surface area contributed by atoms with E-state index >= 15 is 0 Å². The highest BCUT2D eigenvalue weighted by Gasteiger charge is 1.86. The Labute approximate surface area is 71.5 Å². The number of hydrazine groups is 1. The number of nitrogen functional groups attached to an aromatic ring is 1. The lowest BCUT2D eigenvalue weighted by Gasteiger charge is -1.96. The van der Waals surface area contributed by atoms with E-state index in [1.54, 1.807) is 0 Å². The summed E-state index contributed by atoms with van der Waals surface area (Å²) < 4.78 is 0. The van der Waals surface area contributed by atoms with Crippen LogP contribution in [0.3, 0.4) is 0 Å². The Hall–Kier alpha value is -0.840. The molecule has 0 atom stereocenters. The Morgan fingerprint density at radius 2 is 2.09 bits per heavy atom. The molecule has 1 rings (SSSR count). The fourth-order valence-electron chi connectivity index (χ4n) is 0.623. The minimum atomic E-state index is 0. The molecule has 1 heterocycles. The lowest BCUT2D eigenvalue weighted by atomic mass is 10.4. The van der Waals surface area contributed by atoms with Crippen molar-refractivity contribution in [1.29, 1.82) is 0 Å². The summed E-state index contributed by atoms with van der Waals surface area (Å²) in [5, 5.41) is 0. The Bertz CT molecular complexity index is 207. The summed E-state index contributed by atoms with van der Waals surface area (Å²) in [5.74, 6) is 5.81. The summed E-state index contributed by atoms with van der Waals surface area (Å²) in [6, 6.07) is 5.63. The Kier molecular flexibility index (Phi) is 6.88. The van der Waals surface area contributed by atoms with Crippen molar-refractivity contribution >= 4 is 18.2 Å². The van der Waals surface area contributed by atoms with Gasteiger partial charge in [0.2, 0.25) is 0 Å². The predicted molar refractivity (Wildman–Crippen MR) is 47.6 cm³/mol. The maximum atomic E-state index is 5.11. The van der Waals surface area contributed by atoms with Crippen molar-refractivity contribution in [3.8, 4) is 0 Å². The van der Waals surface area contributed by atoms with E-state index in [4.69, 9.17) is 5.84 Å². The third-order valence-corrected chi connectivity index (χ3v) is 1.04. The van der Waals surface area contributed by atoms with E-state index in [1.165, 1.54) is 0 Å². The van der Waals surface area contributed by atoms with Gasteiger partial charge in [-0.15, -0.1) is 12.4 Å². The molecule has 0 saturated heterocycles. The number of anilines is 1. The van der Waals surface area contributed by atoms with E-state index in [1.807, 2.05) is 25.1 Å². The van der Waals surface area contributed by atoms with Crippen LogP contribution in [0.2, 0.25) is 0 Å². The van der Waals surface area contributed by atoms with Gasteiger partial charge in [-0.25, -0.2) is 10.8 Å². The summed E-state index contributed by atoms with van der Waals surface area (Å²) >= 11 is 0. The fraction of sp³-hybridized carbons (Fsp3) is 0.167. The minimum absolute atomic E-state index is 0. The van der Waals surface area contributed by atoms with Gasteiger partial charge in [0.25, 0.3) is 0 Å². The number of hydrogen-bond acceptors (Lipinski definition) is 3. The lowest BCUT2D eigenvalue weighted by Crippen LogP contribution is -2.08. The van der Waals surface area contributed by atoms with Crippen molar-refractivity contribution in [2.75, 3.05) is 5.43 Å². The van der Waals surface area contributed by atoms with Crippen LogP contribution in [-0.4, -0.2) is 10.5 Å². The van der Waals surface area contributed by atoms with Crippen molar-refractivity contribution in [2.24, 2.45) is 5.84 Å². The van der Waals surface area contributed by atoms with Crippen LogP contribution in [0.4, 0.5) is 5.82 Å². The minimum Gasteiger partial charge on any atom is -0.412 e. The topological polar surface area (TPSA) is 82.4 Å². The molecule has 0 spiro atoms. The molecule has 0 fully saturated rings. The maximum Gasteiger partial charge on any atom is 0.140 e. The van der Waals surface area contributed by atoms with Crippen LogP contribution >= 0.6 is 12.4 Å². The molecule has 0 unspecified atom stereocenters. The van der Waals surface area contributed by atoms with Gasteiger partial charge in [-0.05, 0) is 19.1 Å². The van der Waals surface area contributed by atoms with Gasteiger partial charge in [-0.1, -0.05) is 6.07 Å². The Balaban J connectivity index is 0. The quantitative estimate of drug-likeness (QED) is 0.477. The maximum absolute atomic E-state index is 5.11. The first-order chi connectivity index (χ1) is 4.33. The molecule has 0 saturated carbocycles. The number of hydrogen-bond donors (Lipinski definition) is 2. The van der Waals surface area contributed by atoms with Crippen LogP contribution in [0.25, 0.3) is 0 Å². The number of aromatic nitrogens is 1. The van der Waals surface area contributed by atoms with Gasteiger partial charge < -0.3 is 10.9 Å². The molecule has 0 aliphatic rings. The number of rotatable bonds is 1. The summed E-state index contributed by atoms with van der Waals surface area (Å²) in [7, 11) is 0. The van der Waals surface area contributed by atoms with Crippen molar-refractivity contribution in [3.05, 3.63) is 23.9 Å². The van der Waals surface area contributed by atoms with Crippen molar-refractivity contribution < 1.29 is 5.48 Å². The molecule has 11 heavy (non-hydrogen) atoms. The Morgan fingerprint density at radius 1 is 1.45 bits per heavy atom. The highest BCUT2D eigenvalue weighted by atomic mass is 35.5. The molecular weight excluding hydrogens is 166 g/mol. The summed E-state index contributed by atoms with van der Waals surface area (Å²) in [6.07, 6.45) is 0. The largest absolute Gasteiger partial charge is 0.412 e. The smallest absolute Gasteiger partial charge is 0.140 e. The molecular formula is C6H12ClN3O. The second-order valence-electron chi connectivity index (χ2n) is 1.81. The predicted octanol–water partition coefficient (Wildman–Crippen LogP) is 0.273. The second-order valence-corrected chi connectivity index (χ2v) is 1.81. The SMILES string of the molecule is Cc1cccc(NN)n1.Cl.O. The van der Waals surface area contributed by atoms with E-state index in [2.05, 4.69) is 10.4 Å². The zero-order valence-electron chi connectivity index (χ0n) is 6.16. The molecule has 0 aromatic carbocycles. The van der Waals surface area contributed by atoms with Gasteiger partial charge in [0, 0.05) is 5.69 Å². The van der Waals surface area contributed by atoms with Crippen LogP contribution in [0, 0.1) is 6.92 Å². The van der Waals surface area contributed by atoms with E-state index in [0.717, 1.165) is 5.69 Å². The summed E-state index contributed by atoms with van der Waals surface area (Å²) in [4.78, 5) is 4.06. The van der Waals surface area contributed by atoms with Crippen molar-refractivity contribution in [3.63, 3.8) is 0 Å². The van der Waals surface area contributed by atoms with Crippen LogP contribution < -0.4 is 11.3 Å². The first-order valence-electron chi connectivity index (χ1n) is 2.73. The van der Waals surface area contributed by atoms with Gasteiger partial charge >= 0.3 is 0 Å². The highest BCUT2D eigenvalue weighted by Crippen LogP contribution is 2.00. The average molecular weight is 178 g/mol. The molecule has 1 aromatic heterocycles. The van der Waals surface area contributed by atoms with Crippen LogP contribution in [0.15, 0.2) is 18.2 Å². The zero-order chi connectivity index (χ0) is 6.69. The molecule has 0 bridgehead atoms. The van der Waals surface area contributed by atoms with Gasteiger partial charge in [0.05, 0.1) is 0 Å². The van der Waals surface area contributed by atoms with E-state index in [0.29, 0.717) is 5.82 Å². The summed E-state index contributed by atoms with van der Waals surface area (Å²) in [5.41, 5.74) is 3.42. The molecule has 64 valence electrons. The molecule has 0 aliphatic heterocycles.